The molecule has 0 aromatic heterocycles. The van der Waals surface area contributed by atoms with Crippen molar-refractivity contribution in [2.75, 3.05) is 44.8 Å². The minimum atomic E-state index is 0.0168. The van der Waals surface area contributed by atoms with Crippen LogP contribution in [0.15, 0.2) is 78.9 Å². The molecule has 0 saturated carbocycles. The highest BCUT2D eigenvalue weighted by Gasteiger charge is 2.22. The fourth-order valence-corrected chi connectivity index (χ4v) is 3.70. The maximum atomic E-state index is 12.7. The number of rotatable bonds is 6. The molecule has 1 aliphatic rings. The normalized spacial score (nSPS) is 13.8. The molecule has 1 heterocycles. The number of methoxy groups -OCH3 is 1. The Morgan fingerprint density at radius 3 is 2.37 bits per heavy atom. The van der Waals surface area contributed by atoms with Crippen LogP contribution < -0.4 is 14.4 Å². The first-order valence-electron chi connectivity index (χ1n) is 10.2. The van der Waals surface area contributed by atoms with Gasteiger partial charge in [-0.25, -0.2) is 0 Å². The number of hydrogen-bond acceptors (Lipinski definition) is 4. The van der Waals surface area contributed by atoms with Crippen LogP contribution in [0.5, 0.6) is 11.5 Å². The third kappa shape index (κ3) is 4.57. The van der Waals surface area contributed by atoms with Crippen LogP contribution >= 0.6 is 0 Å². The number of amides is 1. The summed E-state index contributed by atoms with van der Waals surface area (Å²) in [6.07, 6.45) is 0. The second-order valence-corrected chi connectivity index (χ2v) is 7.22. The number of piperazine rings is 1. The van der Waals surface area contributed by atoms with E-state index < -0.39 is 0 Å². The van der Waals surface area contributed by atoms with Crippen LogP contribution in [0.1, 0.15) is 0 Å². The molecule has 3 aromatic carbocycles. The molecule has 30 heavy (non-hydrogen) atoms. The van der Waals surface area contributed by atoms with Gasteiger partial charge in [-0.2, -0.15) is 0 Å². The fourth-order valence-electron chi connectivity index (χ4n) is 3.70. The summed E-state index contributed by atoms with van der Waals surface area (Å²) >= 11 is 0. The highest BCUT2D eigenvalue weighted by atomic mass is 16.5. The Morgan fingerprint density at radius 2 is 1.60 bits per heavy atom. The molecule has 0 spiro atoms. The van der Waals surface area contributed by atoms with Crippen LogP contribution in [-0.4, -0.2) is 50.7 Å². The first-order chi connectivity index (χ1) is 14.7. The van der Waals surface area contributed by atoms with Crippen molar-refractivity contribution in [1.82, 2.24) is 4.90 Å². The summed E-state index contributed by atoms with van der Waals surface area (Å²) in [4.78, 5) is 16.9. The van der Waals surface area contributed by atoms with Crippen LogP contribution in [0.3, 0.4) is 0 Å². The number of carbonyl (C=O) groups excluding carboxylic acids is 1. The number of carbonyl (C=O) groups is 1. The van der Waals surface area contributed by atoms with E-state index in [9.17, 15) is 4.79 Å². The Morgan fingerprint density at radius 1 is 0.867 bits per heavy atom. The lowest BCUT2D eigenvalue weighted by Gasteiger charge is -2.36. The topological polar surface area (TPSA) is 42.0 Å². The molecule has 0 bridgehead atoms. The van der Waals surface area contributed by atoms with Crippen molar-refractivity contribution in [3.05, 3.63) is 78.9 Å². The van der Waals surface area contributed by atoms with Crippen LogP contribution in [0.2, 0.25) is 0 Å². The Bertz CT molecular complexity index is 982. The maximum absolute atomic E-state index is 12.7. The van der Waals surface area contributed by atoms with Crippen LogP contribution in [0.25, 0.3) is 11.1 Å². The Hall–Kier alpha value is -3.47. The van der Waals surface area contributed by atoms with Gasteiger partial charge in [0.25, 0.3) is 5.91 Å². The van der Waals surface area contributed by atoms with Gasteiger partial charge in [0.05, 0.1) is 7.11 Å². The average Bonchev–Trinajstić information content (AvgIpc) is 2.83. The second kappa shape index (κ2) is 9.35. The molecule has 0 N–H and O–H groups in total. The van der Waals surface area contributed by atoms with Crippen molar-refractivity contribution < 1.29 is 14.3 Å². The zero-order valence-electron chi connectivity index (χ0n) is 17.2. The highest BCUT2D eigenvalue weighted by Crippen LogP contribution is 2.29. The molecule has 1 saturated heterocycles. The highest BCUT2D eigenvalue weighted by molar-refractivity contribution is 5.79. The third-order valence-electron chi connectivity index (χ3n) is 5.37. The van der Waals surface area contributed by atoms with Gasteiger partial charge in [0.15, 0.2) is 6.61 Å². The average molecular weight is 402 g/mol. The van der Waals surface area contributed by atoms with Gasteiger partial charge >= 0.3 is 0 Å². The molecule has 0 unspecified atom stereocenters. The molecular formula is C25H26N2O3. The van der Waals surface area contributed by atoms with Gasteiger partial charge < -0.3 is 19.3 Å². The van der Waals surface area contributed by atoms with Gasteiger partial charge in [-0.05, 0) is 23.8 Å². The SMILES string of the molecule is COc1cccc(N2CCN(C(=O)COc3ccccc3-c3ccccc3)CC2)c1. The number of hydrogen-bond donors (Lipinski definition) is 0. The first-order valence-corrected chi connectivity index (χ1v) is 10.2. The Balaban J connectivity index is 1.34. The maximum Gasteiger partial charge on any atom is 0.260 e. The molecule has 5 heteroatoms. The van der Waals surface area contributed by atoms with Gasteiger partial charge in [0, 0.05) is 43.5 Å². The minimum absolute atomic E-state index is 0.0168. The lowest BCUT2D eigenvalue weighted by molar-refractivity contribution is -0.133. The summed E-state index contributed by atoms with van der Waals surface area (Å²) in [7, 11) is 1.67. The number of para-hydroxylation sites is 1. The van der Waals surface area contributed by atoms with Crippen molar-refractivity contribution in [2.45, 2.75) is 0 Å². The number of ether oxygens (including phenoxy) is 2. The van der Waals surface area contributed by atoms with Crippen molar-refractivity contribution >= 4 is 11.6 Å². The zero-order valence-corrected chi connectivity index (χ0v) is 17.2. The third-order valence-corrected chi connectivity index (χ3v) is 5.37. The van der Waals surface area contributed by atoms with Crippen molar-refractivity contribution in [1.29, 1.82) is 0 Å². The number of benzene rings is 3. The van der Waals surface area contributed by atoms with Crippen LogP contribution in [0.4, 0.5) is 5.69 Å². The minimum Gasteiger partial charge on any atom is -0.497 e. The molecule has 4 rings (SSSR count). The molecule has 0 radical (unpaired) electrons. The summed E-state index contributed by atoms with van der Waals surface area (Å²) in [5, 5.41) is 0. The fraction of sp³-hybridized carbons (Fsp3) is 0.240. The molecule has 1 fully saturated rings. The monoisotopic (exact) mass is 402 g/mol. The van der Waals surface area contributed by atoms with Gasteiger partial charge in [0.2, 0.25) is 0 Å². The quantitative estimate of drug-likeness (QED) is 0.623. The standard InChI is InChI=1S/C25H26N2O3/c1-29-22-11-7-10-21(18-22)26-14-16-27(17-15-26)25(28)19-30-24-13-6-5-12-23(24)20-8-3-2-4-9-20/h2-13,18H,14-17,19H2,1H3. The summed E-state index contributed by atoms with van der Waals surface area (Å²) in [6, 6.07) is 25.9. The van der Waals surface area contributed by atoms with E-state index in [1.165, 1.54) is 0 Å². The molecule has 1 aliphatic heterocycles. The van der Waals surface area contributed by atoms with Gasteiger partial charge in [-0.15, -0.1) is 0 Å². The van der Waals surface area contributed by atoms with Gasteiger partial charge in [-0.3, -0.25) is 4.79 Å². The van der Waals surface area contributed by atoms with E-state index in [1.54, 1.807) is 7.11 Å². The molecule has 0 atom stereocenters. The Labute approximate surface area is 177 Å². The number of nitrogens with zero attached hydrogens (tertiary/aromatic N) is 2. The smallest absolute Gasteiger partial charge is 0.260 e. The summed E-state index contributed by atoms with van der Waals surface area (Å²) in [5.41, 5.74) is 3.19. The van der Waals surface area contributed by atoms with Gasteiger partial charge in [-0.1, -0.05) is 54.6 Å². The van der Waals surface area contributed by atoms with E-state index in [1.807, 2.05) is 77.7 Å². The van der Waals surface area contributed by atoms with E-state index in [4.69, 9.17) is 9.47 Å². The number of anilines is 1. The van der Waals surface area contributed by atoms with E-state index >= 15 is 0 Å². The molecule has 154 valence electrons. The predicted molar refractivity (Wildman–Crippen MR) is 119 cm³/mol. The predicted octanol–water partition coefficient (Wildman–Crippen LogP) is 4.09. The molecule has 1 amide bonds. The summed E-state index contributed by atoms with van der Waals surface area (Å²) in [6.45, 7) is 2.99. The summed E-state index contributed by atoms with van der Waals surface area (Å²) < 4.78 is 11.2. The second-order valence-electron chi connectivity index (χ2n) is 7.22. The lowest BCUT2D eigenvalue weighted by atomic mass is 10.1. The van der Waals surface area contributed by atoms with E-state index in [2.05, 4.69) is 11.0 Å². The van der Waals surface area contributed by atoms with Crippen LogP contribution in [0, 0.1) is 0 Å². The molecular weight excluding hydrogens is 376 g/mol. The van der Waals surface area contributed by atoms with E-state index in [0.717, 1.165) is 41.4 Å². The van der Waals surface area contributed by atoms with E-state index in [0.29, 0.717) is 13.1 Å². The summed E-state index contributed by atoms with van der Waals surface area (Å²) in [5.74, 6) is 1.59. The van der Waals surface area contributed by atoms with Crippen LogP contribution in [-0.2, 0) is 4.79 Å². The van der Waals surface area contributed by atoms with Crippen molar-refractivity contribution in [3.63, 3.8) is 0 Å². The molecule has 3 aromatic rings. The van der Waals surface area contributed by atoms with Crippen molar-refractivity contribution in [3.8, 4) is 22.6 Å². The largest absolute Gasteiger partial charge is 0.497 e. The van der Waals surface area contributed by atoms with E-state index in [-0.39, 0.29) is 12.5 Å². The first kappa shape index (κ1) is 19.8. The zero-order chi connectivity index (χ0) is 20.8. The molecule has 0 aliphatic carbocycles. The molecule has 5 nitrogen and oxygen atoms in total. The van der Waals surface area contributed by atoms with Crippen molar-refractivity contribution in [2.24, 2.45) is 0 Å². The lowest BCUT2D eigenvalue weighted by Crippen LogP contribution is -2.50. The van der Waals surface area contributed by atoms with Gasteiger partial charge in [0.1, 0.15) is 11.5 Å². The Kier molecular flexibility index (Phi) is 6.18.